The Labute approximate surface area is 110 Å². The molecule has 2 rings (SSSR count). The van der Waals surface area contributed by atoms with Gasteiger partial charge in [-0.1, -0.05) is 12.2 Å². The summed E-state index contributed by atoms with van der Waals surface area (Å²) in [6.07, 6.45) is 0. The van der Waals surface area contributed by atoms with Crippen molar-refractivity contribution in [3.05, 3.63) is 45.9 Å². The van der Waals surface area contributed by atoms with E-state index < -0.39 is 0 Å². The molecule has 1 aromatic carbocycles. The Morgan fingerprint density at radius 2 is 2.12 bits per heavy atom. The Morgan fingerprint density at radius 1 is 1.41 bits per heavy atom. The molecule has 0 fully saturated rings. The molecule has 0 unspecified atom stereocenters. The summed E-state index contributed by atoms with van der Waals surface area (Å²) in [5.74, 6) is 0. The second-order valence-electron chi connectivity index (χ2n) is 3.66. The molecule has 0 saturated heterocycles. The topological polar surface area (TPSA) is 50.9 Å². The molecular weight excluding hydrogens is 250 g/mol. The summed E-state index contributed by atoms with van der Waals surface area (Å²) in [4.78, 5) is 5.89. The third-order valence-electron chi connectivity index (χ3n) is 2.47. The van der Waals surface area contributed by atoms with Crippen molar-refractivity contribution in [2.24, 2.45) is 5.73 Å². The summed E-state index contributed by atoms with van der Waals surface area (Å²) in [7, 11) is 0. The van der Waals surface area contributed by atoms with E-state index in [-0.39, 0.29) is 0 Å². The largest absolute Gasteiger partial charge is 0.389 e. The van der Waals surface area contributed by atoms with Crippen molar-refractivity contribution in [2.45, 2.75) is 13.5 Å². The van der Waals surface area contributed by atoms with Crippen LogP contribution in [0, 0.1) is 6.92 Å². The fourth-order valence-electron chi connectivity index (χ4n) is 1.43. The molecule has 0 radical (unpaired) electrons. The van der Waals surface area contributed by atoms with Crippen molar-refractivity contribution < 1.29 is 0 Å². The van der Waals surface area contributed by atoms with E-state index in [1.165, 1.54) is 4.88 Å². The number of nitrogens with two attached hydrogens (primary N) is 1. The summed E-state index contributed by atoms with van der Waals surface area (Å²) in [5.41, 5.74) is 10.4. The molecule has 0 aliphatic carbocycles. The molecule has 0 aliphatic rings. The SMILES string of the molecule is Cc1ncsc1CNc1ccc(C(N)=S)cc1. The number of benzene rings is 1. The van der Waals surface area contributed by atoms with Gasteiger partial charge in [-0.2, -0.15) is 0 Å². The van der Waals surface area contributed by atoms with Crippen molar-refractivity contribution in [2.75, 3.05) is 5.32 Å². The van der Waals surface area contributed by atoms with Gasteiger partial charge in [0.2, 0.25) is 0 Å². The van der Waals surface area contributed by atoms with Crippen LogP contribution in [0.3, 0.4) is 0 Å². The van der Waals surface area contributed by atoms with Crippen LogP contribution in [0.25, 0.3) is 0 Å². The quantitative estimate of drug-likeness (QED) is 0.833. The van der Waals surface area contributed by atoms with Crippen LogP contribution in [0.1, 0.15) is 16.1 Å². The number of anilines is 1. The summed E-state index contributed by atoms with van der Waals surface area (Å²) >= 11 is 6.57. The van der Waals surface area contributed by atoms with E-state index in [1.54, 1.807) is 11.3 Å². The van der Waals surface area contributed by atoms with E-state index in [9.17, 15) is 0 Å². The number of nitrogens with zero attached hydrogens (tertiary/aromatic N) is 1. The van der Waals surface area contributed by atoms with Gasteiger partial charge in [-0.25, -0.2) is 4.98 Å². The van der Waals surface area contributed by atoms with Gasteiger partial charge in [0.1, 0.15) is 4.99 Å². The molecule has 0 atom stereocenters. The predicted molar refractivity (Wildman–Crippen MR) is 76.5 cm³/mol. The molecule has 17 heavy (non-hydrogen) atoms. The highest BCUT2D eigenvalue weighted by atomic mass is 32.1. The Kier molecular flexibility index (Phi) is 3.71. The minimum absolute atomic E-state index is 0.426. The van der Waals surface area contributed by atoms with Crippen LogP contribution in [0.5, 0.6) is 0 Å². The van der Waals surface area contributed by atoms with Crippen LogP contribution in [0.15, 0.2) is 29.8 Å². The van der Waals surface area contributed by atoms with Crippen molar-refractivity contribution in [3.8, 4) is 0 Å². The lowest BCUT2D eigenvalue weighted by Gasteiger charge is -2.06. The first-order chi connectivity index (χ1) is 8.16. The first-order valence-electron chi connectivity index (χ1n) is 5.19. The first kappa shape index (κ1) is 12.0. The molecule has 0 spiro atoms. The van der Waals surface area contributed by atoms with Gasteiger partial charge >= 0.3 is 0 Å². The number of aryl methyl sites for hydroxylation is 1. The van der Waals surface area contributed by atoms with Crippen molar-refractivity contribution in [1.29, 1.82) is 0 Å². The van der Waals surface area contributed by atoms with Crippen LogP contribution >= 0.6 is 23.6 Å². The second-order valence-corrected chi connectivity index (χ2v) is 5.04. The molecule has 3 N–H and O–H groups in total. The van der Waals surface area contributed by atoms with E-state index in [0.29, 0.717) is 4.99 Å². The normalized spacial score (nSPS) is 10.2. The lowest BCUT2D eigenvalue weighted by Crippen LogP contribution is -2.09. The molecule has 5 heteroatoms. The second kappa shape index (κ2) is 5.25. The van der Waals surface area contributed by atoms with Gasteiger partial charge in [-0.3, -0.25) is 0 Å². The van der Waals surface area contributed by atoms with Crippen LogP contribution < -0.4 is 11.1 Å². The Bertz CT molecular complexity index is 517. The summed E-state index contributed by atoms with van der Waals surface area (Å²) in [6.45, 7) is 2.81. The van der Waals surface area contributed by atoms with Crippen LogP contribution in [-0.2, 0) is 6.54 Å². The minimum Gasteiger partial charge on any atom is -0.389 e. The van der Waals surface area contributed by atoms with Crippen molar-refractivity contribution >= 4 is 34.2 Å². The average Bonchev–Trinajstić information content (AvgIpc) is 2.73. The van der Waals surface area contributed by atoms with Gasteiger partial charge in [0.15, 0.2) is 0 Å². The van der Waals surface area contributed by atoms with Crippen LogP contribution in [-0.4, -0.2) is 9.97 Å². The molecular formula is C12H13N3S2. The molecule has 0 bridgehead atoms. The zero-order valence-electron chi connectivity index (χ0n) is 9.43. The van der Waals surface area contributed by atoms with Gasteiger partial charge in [-0.05, 0) is 31.2 Å². The molecule has 0 aliphatic heterocycles. The molecule has 0 saturated carbocycles. The van der Waals surface area contributed by atoms with Crippen molar-refractivity contribution in [3.63, 3.8) is 0 Å². The number of hydrogen-bond acceptors (Lipinski definition) is 4. The number of thiocarbonyl (C=S) groups is 1. The van der Waals surface area contributed by atoms with Gasteiger partial charge < -0.3 is 11.1 Å². The van der Waals surface area contributed by atoms with Crippen molar-refractivity contribution in [1.82, 2.24) is 4.98 Å². The number of aromatic nitrogens is 1. The van der Waals surface area contributed by atoms with Gasteiger partial charge in [0, 0.05) is 16.1 Å². The van der Waals surface area contributed by atoms with E-state index in [0.717, 1.165) is 23.5 Å². The average molecular weight is 263 g/mol. The Morgan fingerprint density at radius 3 is 2.65 bits per heavy atom. The number of thiazole rings is 1. The first-order valence-corrected chi connectivity index (χ1v) is 6.48. The highest BCUT2D eigenvalue weighted by molar-refractivity contribution is 7.80. The van der Waals surface area contributed by atoms with Crippen LogP contribution in [0.2, 0.25) is 0 Å². The van der Waals surface area contributed by atoms with Gasteiger partial charge in [0.05, 0.1) is 17.7 Å². The van der Waals surface area contributed by atoms with Crippen LogP contribution in [0.4, 0.5) is 5.69 Å². The maximum Gasteiger partial charge on any atom is 0.103 e. The smallest absolute Gasteiger partial charge is 0.103 e. The lowest BCUT2D eigenvalue weighted by atomic mass is 10.2. The predicted octanol–water partition coefficient (Wildman–Crippen LogP) is 2.70. The third kappa shape index (κ3) is 3.01. The minimum atomic E-state index is 0.426. The number of hydrogen-bond donors (Lipinski definition) is 2. The summed E-state index contributed by atoms with van der Waals surface area (Å²) in [5, 5.41) is 3.34. The number of nitrogens with one attached hydrogen (secondary N) is 1. The lowest BCUT2D eigenvalue weighted by molar-refractivity contribution is 1.12. The third-order valence-corrected chi connectivity index (χ3v) is 3.64. The van der Waals surface area contributed by atoms with E-state index in [2.05, 4.69) is 10.3 Å². The fraction of sp³-hybridized carbons (Fsp3) is 0.167. The van der Waals surface area contributed by atoms with Gasteiger partial charge in [-0.15, -0.1) is 11.3 Å². The number of rotatable bonds is 4. The summed E-state index contributed by atoms with van der Waals surface area (Å²) in [6, 6.07) is 7.80. The van der Waals surface area contributed by atoms with E-state index in [1.807, 2.05) is 36.7 Å². The maximum atomic E-state index is 5.54. The van der Waals surface area contributed by atoms with Gasteiger partial charge in [0.25, 0.3) is 0 Å². The zero-order valence-corrected chi connectivity index (χ0v) is 11.1. The highest BCUT2D eigenvalue weighted by Crippen LogP contribution is 2.15. The monoisotopic (exact) mass is 263 g/mol. The molecule has 1 heterocycles. The standard InChI is InChI=1S/C12H13N3S2/c1-8-11(17-7-15-8)6-14-10-4-2-9(3-5-10)12(13)16/h2-5,7,14H,6H2,1H3,(H2,13,16). The molecule has 3 nitrogen and oxygen atoms in total. The molecule has 88 valence electrons. The Balaban J connectivity index is 2.00. The van der Waals surface area contributed by atoms with E-state index >= 15 is 0 Å². The maximum absolute atomic E-state index is 5.54. The Hall–Kier alpha value is -1.46. The summed E-state index contributed by atoms with van der Waals surface area (Å²) < 4.78 is 0. The molecule has 1 aromatic heterocycles. The molecule has 0 amide bonds. The van der Waals surface area contributed by atoms with E-state index in [4.69, 9.17) is 18.0 Å². The fourth-order valence-corrected chi connectivity index (χ4v) is 2.28. The highest BCUT2D eigenvalue weighted by Gasteiger charge is 2.01. The zero-order chi connectivity index (χ0) is 12.3. The molecule has 2 aromatic rings.